The molecule has 0 fully saturated rings. The monoisotopic (exact) mass is 324 g/mol. The van der Waals surface area contributed by atoms with E-state index >= 15 is 0 Å². The Bertz CT molecular complexity index is 893. The standard InChI is InChI=1S/C18H20N4O2/c1-18(2,3)15-11-14(21-16-8-9-19-22(15)16)17(23)20-12-6-5-7-13(10-12)24-4/h5-11H,1-4H3,(H,20,23). The number of benzene rings is 1. The highest BCUT2D eigenvalue weighted by Gasteiger charge is 2.21. The summed E-state index contributed by atoms with van der Waals surface area (Å²) in [6.07, 6.45) is 1.68. The number of hydrogen-bond acceptors (Lipinski definition) is 4. The van der Waals surface area contributed by atoms with Gasteiger partial charge in [-0.3, -0.25) is 4.79 Å². The van der Waals surface area contributed by atoms with Crippen LogP contribution in [-0.2, 0) is 5.41 Å². The van der Waals surface area contributed by atoms with Crippen LogP contribution in [0.1, 0.15) is 37.0 Å². The van der Waals surface area contributed by atoms with Gasteiger partial charge in [-0.05, 0) is 18.2 Å². The lowest BCUT2D eigenvalue weighted by Gasteiger charge is -2.20. The van der Waals surface area contributed by atoms with Crippen molar-refractivity contribution in [2.45, 2.75) is 26.2 Å². The topological polar surface area (TPSA) is 68.5 Å². The summed E-state index contributed by atoms with van der Waals surface area (Å²) >= 11 is 0. The molecule has 0 aliphatic heterocycles. The number of nitrogens with zero attached hydrogens (tertiary/aromatic N) is 3. The molecule has 2 aromatic heterocycles. The molecule has 0 unspecified atom stereocenters. The Labute approximate surface area is 140 Å². The van der Waals surface area contributed by atoms with E-state index in [1.54, 1.807) is 36.0 Å². The van der Waals surface area contributed by atoms with E-state index in [1.807, 2.05) is 18.2 Å². The molecule has 3 aromatic rings. The van der Waals surface area contributed by atoms with Gasteiger partial charge < -0.3 is 10.1 Å². The maximum Gasteiger partial charge on any atom is 0.274 e. The van der Waals surface area contributed by atoms with Crippen LogP contribution in [0.25, 0.3) is 5.65 Å². The number of rotatable bonds is 3. The van der Waals surface area contributed by atoms with Crippen molar-refractivity contribution in [2.24, 2.45) is 0 Å². The van der Waals surface area contributed by atoms with Crippen LogP contribution in [0.2, 0.25) is 0 Å². The summed E-state index contributed by atoms with van der Waals surface area (Å²) in [6.45, 7) is 6.23. The van der Waals surface area contributed by atoms with Gasteiger partial charge in [-0.1, -0.05) is 26.8 Å². The summed E-state index contributed by atoms with van der Waals surface area (Å²) in [7, 11) is 1.59. The highest BCUT2D eigenvalue weighted by atomic mass is 16.5. The molecule has 6 nitrogen and oxygen atoms in total. The van der Waals surface area contributed by atoms with E-state index in [0.29, 0.717) is 22.8 Å². The molecular weight excluding hydrogens is 304 g/mol. The highest BCUT2D eigenvalue weighted by Crippen LogP contribution is 2.24. The molecule has 0 saturated heterocycles. The summed E-state index contributed by atoms with van der Waals surface area (Å²) in [5, 5.41) is 7.16. The average Bonchev–Trinajstić information content (AvgIpc) is 3.01. The number of amides is 1. The number of ether oxygens (including phenoxy) is 1. The smallest absolute Gasteiger partial charge is 0.274 e. The summed E-state index contributed by atoms with van der Waals surface area (Å²) in [5.74, 6) is 0.417. The third-order valence-corrected chi connectivity index (χ3v) is 3.69. The number of carbonyl (C=O) groups excluding carboxylic acids is 1. The zero-order chi connectivity index (χ0) is 17.3. The Hall–Kier alpha value is -2.89. The van der Waals surface area contributed by atoms with E-state index in [4.69, 9.17) is 4.74 Å². The van der Waals surface area contributed by atoms with Gasteiger partial charge in [0.25, 0.3) is 5.91 Å². The molecule has 0 radical (unpaired) electrons. The second-order valence-corrected chi connectivity index (χ2v) is 6.56. The molecule has 1 amide bonds. The SMILES string of the molecule is COc1cccc(NC(=O)c2cc(C(C)(C)C)n3nccc3n2)c1. The van der Waals surface area contributed by atoms with Gasteiger partial charge in [-0.2, -0.15) is 5.10 Å². The van der Waals surface area contributed by atoms with Crippen molar-refractivity contribution in [1.82, 2.24) is 14.6 Å². The van der Waals surface area contributed by atoms with Gasteiger partial charge in [0.05, 0.1) is 19.0 Å². The van der Waals surface area contributed by atoms with E-state index < -0.39 is 0 Å². The van der Waals surface area contributed by atoms with Gasteiger partial charge in [0, 0.05) is 23.2 Å². The van der Waals surface area contributed by atoms with Crippen molar-refractivity contribution < 1.29 is 9.53 Å². The number of anilines is 1. The molecule has 124 valence electrons. The molecule has 24 heavy (non-hydrogen) atoms. The zero-order valence-electron chi connectivity index (χ0n) is 14.2. The molecule has 0 bridgehead atoms. The molecule has 1 aromatic carbocycles. The van der Waals surface area contributed by atoms with Crippen molar-refractivity contribution >= 4 is 17.2 Å². The molecular formula is C18H20N4O2. The molecule has 0 aliphatic carbocycles. The lowest BCUT2D eigenvalue weighted by Crippen LogP contribution is -2.21. The van der Waals surface area contributed by atoms with Crippen LogP contribution < -0.4 is 10.1 Å². The minimum atomic E-state index is -0.266. The van der Waals surface area contributed by atoms with Crippen molar-refractivity contribution in [3.05, 3.63) is 54.0 Å². The van der Waals surface area contributed by atoms with Gasteiger partial charge in [0.1, 0.15) is 11.4 Å². The second-order valence-electron chi connectivity index (χ2n) is 6.56. The summed E-state index contributed by atoms with van der Waals surface area (Å²) < 4.78 is 6.94. The van der Waals surface area contributed by atoms with Crippen LogP contribution in [0, 0.1) is 0 Å². The Kier molecular flexibility index (Phi) is 3.97. The van der Waals surface area contributed by atoms with Crippen LogP contribution in [0.5, 0.6) is 5.75 Å². The van der Waals surface area contributed by atoms with E-state index in [-0.39, 0.29) is 11.3 Å². The van der Waals surface area contributed by atoms with Crippen LogP contribution in [0.3, 0.4) is 0 Å². The maximum absolute atomic E-state index is 12.6. The third-order valence-electron chi connectivity index (χ3n) is 3.69. The van der Waals surface area contributed by atoms with Gasteiger partial charge >= 0.3 is 0 Å². The number of fused-ring (bicyclic) bond motifs is 1. The normalized spacial score (nSPS) is 11.5. The maximum atomic E-state index is 12.6. The van der Waals surface area contributed by atoms with Gasteiger partial charge in [-0.25, -0.2) is 9.50 Å². The van der Waals surface area contributed by atoms with Gasteiger partial charge in [0.15, 0.2) is 5.65 Å². The minimum absolute atomic E-state index is 0.168. The first-order valence-corrected chi connectivity index (χ1v) is 7.69. The number of aromatic nitrogens is 3. The van der Waals surface area contributed by atoms with Crippen LogP contribution in [0.15, 0.2) is 42.6 Å². The third kappa shape index (κ3) is 3.08. The highest BCUT2D eigenvalue weighted by molar-refractivity contribution is 6.03. The van der Waals surface area contributed by atoms with Crippen molar-refractivity contribution in [3.8, 4) is 5.75 Å². The fourth-order valence-corrected chi connectivity index (χ4v) is 2.46. The number of carbonyl (C=O) groups is 1. The van der Waals surface area contributed by atoms with Gasteiger partial charge in [0.2, 0.25) is 0 Å². The fourth-order valence-electron chi connectivity index (χ4n) is 2.46. The van der Waals surface area contributed by atoms with E-state index in [0.717, 1.165) is 5.69 Å². The molecule has 0 atom stereocenters. The predicted molar refractivity (Wildman–Crippen MR) is 92.6 cm³/mol. The Balaban J connectivity index is 1.97. The molecule has 0 saturated carbocycles. The second kappa shape index (κ2) is 5.96. The first-order valence-electron chi connectivity index (χ1n) is 7.69. The molecule has 0 aliphatic rings. The Morgan fingerprint density at radius 1 is 1.21 bits per heavy atom. The lowest BCUT2D eigenvalue weighted by molar-refractivity contribution is 0.102. The molecule has 2 heterocycles. The van der Waals surface area contributed by atoms with Gasteiger partial charge in [-0.15, -0.1) is 0 Å². The molecule has 3 rings (SSSR count). The van der Waals surface area contributed by atoms with Crippen LogP contribution in [-0.4, -0.2) is 27.6 Å². The molecule has 0 spiro atoms. The Morgan fingerprint density at radius 2 is 2.00 bits per heavy atom. The quantitative estimate of drug-likeness (QED) is 0.803. The first kappa shape index (κ1) is 16.0. The lowest BCUT2D eigenvalue weighted by atomic mass is 9.91. The zero-order valence-corrected chi connectivity index (χ0v) is 14.2. The number of hydrogen-bond donors (Lipinski definition) is 1. The minimum Gasteiger partial charge on any atom is -0.497 e. The van der Waals surface area contributed by atoms with Crippen molar-refractivity contribution in [3.63, 3.8) is 0 Å². The van der Waals surface area contributed by atoms with Crippen molar-refractivity contribution in [1.29, 1.82) is 0 Å². The summed E-state index contributed by atoms with van der Waals surface area (Å²) in [4.78, 5) is 17.0. The predicted octanol–water partition coefficient (Wildman–Crippen LogP) is 3.29. The van der Waals surface area contributed by atoms with E-state index in [1.165, 1.54) is 0 Å². The summed E-state index contributed by atoms with van der Waals surface area (Å²) in [6, 6.07) is 10.8. The fraction of sp³-hybridized carbons (Fsp3) is 0.278. The summed E-state index contributed by atoms with van der Waals surface area (Å²) in [5.41, 5.74) is 2.42. The average molecular weight is 324 g/mol. The first-order chi connectivity index (χ1) is 11.4. The van der Waals surface area contributed by atoms with Crippen molar-refractivity contribution in [2.75, 3.05) is 12.4 Å². The molecule has 1 N–H and O–H groups in total. The van der Waals surface area contributed by atoms with E-state index in [9.17, 15) is 4.79 Å². The van der Waals surface area contributed by atoms with E-state index in [2.05, 4.69) is 36.2 Å². The number of methoxy groups -OCH3 is 1. The van der Waals surface area contributed by atoms with Crippen LogP contribution >= 0.6 is 0 Å². The molecule has 6 heteroatoms. The Morgan fingerprint density at radius 3 is 2.71 bits per heavy atom. The van der Waals surface area contributed by atoms with Crippen LogP contribution in [0.4, 0.5) is 5.69 Å². The number of nitrogens with one attached hydrogen (secondary N) is 1. The largest absolute Gasteiger partial charge is 0.497 e.